The van der Waals surface area contributed by atoms with Crippen LogP contribution in [-0.4, -0.2) is 36.1 Å². The van der Waals surface area contributed by atoms with Gasteiger partial charge in [0.1, 0.15) is 0 Å². The molecular weight excluding hydrogens is 370 g/mol. The molecule has 2 aromatic carbocycles. The number of hydrogen-bond acceptors (Lipinski definition) is 4. The number of amides is 2. The number of anilines is 2. The Kier molecular flexibility index (Phi) is 5.86. The molecule has 26 heavy (non-hydrogen) atoms. The van der Waals surface area contributed by atoms with Crippen LogP contribution < -0.4 is 10.6 Å². The van der Waals surface area contributed by atoms with Gasteiger partial charge in [0, 0.05) is 28.6 Å². The lowest BCUT2D eigenvalue weighted by Crippen LogP contribution is -2.32. The summed E-state index contributed by atoms with van der Waals surface area (Å²) in [5, 5.41) is 5.81. The molecule has 2 N–H and O–H groups in total. The quantitative estimate of drug-likeness (QED) is 0.815. The molecule has 0 aromatic heterocycles. The molecule has 2 aromatic rings. The van der Waals surface area contributed by atoms with E-state index in [4.69, 9.17) is 11.6 Å². The minimum atomic E-state index is -0.464. The molecule has 7 heteroatoms. The SMILES string of the molecule is CN(C)Cc1cccc(NC(=O)CC2Sc3ccc(Cl)cc3NC2=O)c1. The molecule has 1 heterocycles. The van der Waals surface area contributed by atoms with Crippen LogP contribution >= 0.6 is 23.4 Å². The summed E-state index contributed by atoms with van der Waals surface area (Å²) < 4.78 is 0. The van der Waals surface area contributed by atoms with E-state index in [0.29, 0.717) is 10.7 Å². The van der Waals surface area contributed by atoms with Crippen LogP contribution in [0, 0.1) is 0 Å². The van der Waals surface area contributed by atoms with Crippen LogP contribution in [0.3, 0.4) is 0 Å². The standard InChI is InChI=1S/C19H20ClN3O2S/c1-23(2)11-12-4-3-5-14(8-12)21-18(24)10-17-19(25)22-15-9-13(20)6-7-16(15)26-17/h3-9,17H,10-11H2,1-2H3,(H,21,24)(H,22,25). The molecule has 0 bridgehead atoms. The molecule has 0 aliphatic carbocycles. The fraction of sp³-hybridized carbons (Fsp3) is 0.263. The smallest absolute Gasteiger partial charge is 0.238 e. The van der Waals surface area contributed by atoms with Crippen molar-refractivity contribution >= 4 is 46.6 Å². The van der Waals surface area contributed by atoms with Crippen molar-refractivity contribution in [1.82, 2.24) is 4.90 Å². The molecule has 2 amide bonds. The van der Waals surface area contributed by atoms with Gasteiger partial charge in [0.15, 0.2) is 0 Å². The lowest BCUT2D eigenvalue weighted by atomic mass is 10.2. The van der Waals surface area contributed by atoms with Gasteiger partial charge in [0.05, 0.1) is 10.9 Å². The molecule has 136 valence electrons. The van der Waals surface area contributed by atoms with Gasteiger partial charge in [-0.05, 0) is 50.0 Å². The van der Waals surface area contributed by atoms with Crippen LogP contribution in [0.15, 0.2) is 47.4 Å². The van der Waals surface area contributed by atoms with Crippen molar-refractivity contribution < 1.29 is 9.59 Å². The van der Waals surface area contributed by atoms with E-state index in [1.807, 2.05) is 44.4 Å². The average molecular weight is 390 g/mol. The van der Waals surface area contributed by atoms with E-state index in [0.717, 1.165) is 22.7 Å². The number of carbonyl (C=O) groups excluding carboxylic acids is 2. The highest BCUT2D eigenvalue weighted by Gasteiger charge is 2.29. The van der Waals surface area contributed by atoms with Crippen molar-refractivity contribution in [3.8, 4) is 0 Å². The fourth-order valence-corrected chi connectivity index (χ4v) is 4.01. The maximum atomic E-state index is 12.4. The lowest BCUT2D eigenvalue weighted by Gasteiger charge is -2.23. The number of benzene rings is 2. The minimum absolute atomic E-state index is 0.108. The van der Waals surface area contributed by atoms with Crippen molar-refractivity contribution in [3.63, 3.8) is 0 Å². The van der Waals surface area contributed by atoms with E-state index in [1.165, 1.54) is 11.8 Å². The maximum Gasteiger partial charge on any atom is 0.238 e. The first-order chi connectivity index (χ1) is 12.4. The first-order valence-corrected chi connectivity index (χ1v) is 9.47. The number of fused-ring (bicyclic) bond motifs is 1. The molecule has 1 atom stereocenters. The van der Waals surface area contributed by atoms with E-state index < -0.39 is 5.25 Å². The van der Waals surface area contributed by atoms with Gasteiger partial charge in [-0.15, -0.1) is 11.8 Å². The van der Waals surface area contributed by atoms with Gasteiger partial charge in [-0.2, -0.15) is 0 Å². The van der Waals surface area contributed by atoms with Gasteiger partial charge >= 0.3 is 0 Å². The van der Waals surface area contributed by atoms with Gasteiger partial charge in [-0.3, -0.25) is 9.59 Å². The summed E-state index contributed by atoms with van der Waals surface area (Å²) in [5.41, 5.74) is 2.55. The Morgan fingerprint density at radius 3 is 2.85 bits per heavy atom. The van der Waals surface area contributed by atoms with Crippen LogP contribution in [-0.2, 0) is 16.1 Å². The van der Waals surface area contributed by atoms with Gasteiger partial charge in [-0.1, -0.05) is 23.7 Å². The molecule has 1 aliphatic rings. The monoisotopic (exact) mass is 389 g/mol. The largest absolute Gasteiger partial charge is 0.326 e. The van der Waals surface area contributed by atoms with E-state index in [-0.39, 0.29) is 18.2 Å². The molecule has 0 spiro atoms. The highest BCUT2D eigenvalue weighted by molar-refractivity contribution is 8.01. The van der Waals surface area contributed by atoms with E-state index in [9.17, 15) is 9.59 Å². The second-order valence-corrected chi connectivity index (χ2v) is 8.11. The number of halogens is 1. The van der Waals surface area contributed by atoms with E-state index in [1.54, 1.807) is 12.1 Å². The summed E-state index contributed by atoms with van der Waals surface area (Å²) in [6.45, 7) is 0.796. The zero-order valence-electron chi connectivity index (χ0n) is 14.6. The summed E-state index contributed by atoms with van der Waals surface area (Å²) >= 11 is 7.34. The van der Waals surface area contributed by atoms with E-state index >= 15 is 0 Å². The summed E-state index contributed by atoms with van der Waals surface area (Å²) in [6, 6.07) is 13.1. The van der Waals surface area contributed by atoms with Gasteiger partial charge in [-0.25, -0.2) is 0 Å². The van der Waals surface area contributed by atoms with Crippen molar-refractivity contribution in [2.75, 3.05) is 24.7 Å². The molecular formula is C19H20ClN3O2S. The number of rotatable bonds is 5. The molecule has 0 saturated carbocycles. The highest BCUT2D eigenvalue weighted by Crippen LogP contribution is 2.38. The van der Waals surface area contributed by atoms with Gasteiger partial charge < -0.3 is 15.5 Å². The first-order valence-electron chi connectivity index (χ1n) is 8.21. The van der Waals surface area contributed by atoms with Crippen molar-refractivity contribution in [2.45, 2.75) is 23.1 Å². The number of nitrogens with one attached hydrogen (secondary N) is 2. The zero-order chi connectivity index (χ0) is 18.7. The Bertz CT molecular complexity index is 841. The average Bonchev–Trinajstić information content (AvgIpc) is 2.55. The van der Waals surface area contributed by atoms with Gasteiger partial charge in [0.25, 0.3) is 0 Å². The zero-order valence-corrected chi connectivity index (χ0v) is 16.2. The first kappa shape index (κ1) is 18.8. The van der Waals surface area contributed by atoms with Gasteiger partial charge in [0.2, 0.25) is 11.8 Å². The van der Waals surface area contributed by atoms with Crippen LogP contribution in [0.1, 0.15) is 12.0 Å². The Morgan fingerprint density at radius 2 is 2.08 bits per heavy atom. The number of nitrogens with zero attached hydrogens (tertiary/aromatic N) is 1. The predicted molar refractivity (Wildman–Crippen MR) is 107 cm³/mol. The molecule has 0 saturated heterocycles. The molecule has 3 rings (SSSR count). The van der Waals surface area contributed by atoms with Crippen molar-refractivity contribution in [3.05, 3.63) is 53.1 Å². The summed E-state index contributed by atoms with van der Waals surface area (Å²) in [4.78, 5) is 27.6. The van der Waals surface area contributed by atoms with Crippen LogP contribution in [0.5, 0.6) is 0 Å². The maximum absolute atomic E-state index is 12.4. The van der Waals surface area contributed by atoms with Crippen molar-refractivity contribution in [1.29, 1.82) is 0 Å². The summed E-state index contributed by atoms with van der Waals surface area (Å²) in [6.07, 6.45) is 0.108. The Balaban J connectivity index is 1.63. The lowest BCUT2D eigenvalue weighted by molar-refractivity contribution is -0.120. The third-order valence-corrected chi connectivity index (χ3v) is 5.35. The number of carbonyl (C=O) groups is 2. The predicted octanol–water partition coefficient (Wildman–Crippen LogP) is 3.84. The molecule has 0 fully saturated rings. The minimum Gasteiger partial charge on any atom is -0.326 e. The third-order valence-electron chi connectivity index (χ3n) is 3.84. The van der Waals surface area contributed by atoms with E-state index in [2.05, 4.69) is 15.5 Å². The molecule has 0 radical (unpaired) electrons. The highest BCUT2D eigenvalue weighted by atomic mass is 35.5. The molecule has 1 aliphatic heterocycles. The third kappa shape index (κ3) is 4.78. The topological polar surface area (TPSA) is 61.4 Å². The second-order valence-electron chi connectivity index (χ2n) is 6.43. The fourth-order valence-electron chi connectivity index (χ4n) is 2.75. The summed E-state index contributed by atoms with van der Waals surface area (Å²) in [7, 11) is 3.99. The number of hydrogen-bond donors (Lipinski definition) is 2. The van der Waals surface area contributed by atoms with Crippen molar-refractivity contribution in [2.24, 2.45) is 0 Å². The molecule has 1 unspecified atom stereocenters. The van der Waals surface area contributed by atoms with Crippen LogP contribution in [0.25, 0.3) is 0 Å². The number of thioether (sulfide) groups is 1. The Hall–Kier alpha value is -2.02. The molecule has 5 nitrogen and oxygen atoms in total. The van der Waals surface area contributed by atoms with Crippen LogP contribution in [0.2, 0.25) is 5.02 Å². The Labute approximate surface area is 162 Å². The second kappa shape index (κ2) is 8.12. The normalized spacial score (nSPS) is 16.2. The van der Waals surface area contributed by atoms with Crippen LogP contribution in [0.4, 0.5) is 11.4 Å². The Morgan fingerprint density at radius 1 is 1.27 bits per heavy atom. The summed E-state index contributed by atoms with van der Waals surface area (Å²) in [5.74, 6) is -0.363.